The Kier molecular flexibility index (Phi) is 8.28. The number of urea groups is 1. The van der Waals surface area contributed by atoms with Crippen molar-refractivity contribution in [2.24, 2.45) is 0 Å². The summed E-state index contributed by atoms with van der Waals surface area (Å²) in [5.41, 5.74) is 4.66. The van der Waals surface area contributed by atoms with E-state index in [-0.39, 0.29) is 17.5 Å². The molecular formula is C27H34BN3O4. The number of aromatic nitrogens is 1. The Morgan fingerprint density at radius 3 is 2.43 bits per heavy atom. The van der Waals surface area contributed by atoms with Gasteiger partial charge in [-0.05, 0) is 75.1 Å². The number of aryl methyl sites for hydroxylation is 1. The number of benzene rings is 2. The third kappa shape index (κ3) is 6.47. The van der Waals surface area contributed by atoms with Gasteiger partial charge in [-0.25, -0.2) is 4.79 Å². The lowest BCUT2D eigenvalue weighted by Gasteiger charge is -2.29. The number of nitrogens with zero attached hydrogens (tertiary/aromatic N) is 1. The first-order valence-corrected chi connectivity index (χ1v) is 12.0. The van der Waals surface area contributed by atoms with Crippen molar-refractivity contribution < 1.29 is 19.4 Å². The topological polar surface area (TPSA) is 92.7 Å². The monoisotopic (exact) mass is 475 g/mol. The molecule has 0 saturated carbocycles. The fourth-order valence-electron chi connectivity index (χ4n) is 3.65. The van der Waals surface area contributed by atoms with Crippen molar-refractivity contribution in [3.05, 3.63) is 54.1 Å². The molecule has 0 radical (unpaired) electrons. The molecule has 184 valence electrons. The van der Waals surface area contributed by atoms with Crippen LogP contribution < -0.4 is 25.6 Å². The van der Waals surface area contributed by atoms with Gasteiger partial charge in [0.15, 0.2) is 0 Å². The van der Waals surface area contributed by atoms with E-state index in [1.807, 2.05) is 58.1 Å². The second-order valence-corrected chi connectivity index (χ2v) is 8.80. The Morgan fingerprint density at radius 1 is 1.06 bits per heavy atom. The van der Waals surface area contributed by atoms with Gasteiger partial charge < -0.3 is 25.2 Å². The van der Waals surface area contributed by atoms with Gasteiger partial charge in [-0.15, -0.1) is 0 Å². The van der Waals surface area contributed by atoms with Gasteiger partial charge in [-0.2, -0.15) is 4.98 Å². The average Bonchev–Trinajstić information content (AvgIpc) is 2.82. The predicted octanol–water partition coefficient (Wildman–Crippen LogP) is 5.02. The normalized spacial score (nSPS) is 11.1. The van der Waals surface area contributed by atoms with Crippen LogP contribution in [0.4, 0.5) is 16.2 Å². The maximum absolute atomic E-state index is 12.7. The van der Waals surface area contributed by atoms with Gasteiger partial charge in [0.2, 0.25) is 11.8 Å². The summed E-state index contributed by atoms with van der Waals surface area (Å²) in [5, 5.41) is 15.5. The molecule has 1 heterocycles. The number of ether oxygens (including phenoxy) is 2. The second kappa shape index (κ2) is 11.2. The van der Waals surface area contributed by atoms with Crippen LogP contribution in [0.1, 0.15) is 46.1 Å². The van der Waals surface area contributed by atoms with Gasteiger partial charge in [-0.3, -0.25) is 0 Å². The van der Waals surface area contributed by atoms with Crippen molar-refractivity contribution in [1.82, 2.24) is 4.98 Å². The second-order valence-electron chi connectivity index (χ2n) is 8.80. The Labute approximate surface area is 208 Å². The first kappa shape index (κ1) is 25.9. The van der Waals surface area contributed by atoms with Gasteiger partial charge in [0, 0.05) is 23.0 Å². The molecule has 8 heteroatoms. The van der Waals surface area contributed by atoms with Crippen LogP contribution in [0.2, 0.25) is 0 Å². The maximum Gasteiger partial charge on any atom is 0.323 e. The summed E-state index contributed by atoms with van der Waals surface area (Å²) in [7, 11) is 1.92. The number of amides is 2. The first-order chi connectivity index (χ1) is 16.7. The molecule has 0 unspecified atom stereocenters. The Morgan fingerprint density at radius 2 is 1.80 bits per heavy atom. The van der Waals surface area contributed by atoms with E-state index in [9.17, 15) is 9.90 Å². The molecule has 7 nitrogen and oxygen atoms in total. The van der Waals surface area contributed by atoms with Gasteiger partial charge in [0.25, 0.3) is 0 Å². The number of carbonyl (C=O) groups is 1. The van der Waals surface area contributed by atoms with Gasteiger partial charge >= 0.3 is 6.03 Å². The van der Waals surface area contributed by atoms with Gasteiger partial charge in [0.1, 0.15) is 19.2 Å². The zero-order valence-electron chi connectivity index (χ0n) is 21.4. The molecule has 0 aliphatic heterocycles. The highest BCUT2D eigenvalue weighted by Gasteiger charge is 2.22. The van der Waals surface area contributed by atoms with Crippen LogP contribution in [0.15, 0.2) is 48.5 Å². The minimum atomic E-state index is -0.331. The maximum atomic E-state index is 12.7. The van der Waals surface area contributed by atoms with E-state index < -0.39 is 0 Å². The molecule has 3 N–H and O–H groups in total. The molecule has 0 atom stereocenters. The highest BCUT2D eigenvalue weighted by molar-refractivity contribution is 6.37. The summed E-state index contributed by atoms with van der Waals surface area (Å²) in [6.45, 7) is 10.6. The molecule has 2 amide bonds. The number of rotatable bonds is 9. The number of carbonyl (C=O) groups excluding carboxylic acids is 1. The highest BCUT2D eigenvalue weighted by Crippen LogP contribution is 2.31. The summed E-state index contributed by atoms with van der Waals surface area (Å²) in [5.74, 6) is 1.10. The van der Waals surface area contributed by atoms with E-state index in [2.05, 4.69) is 36.4 Å². The largest absolute Gasteiger partial charge is 0.493 e. The molecule has 0 bridgehead atoms. The molecule has 3 rings (SSSR count). The van der Waals surface area contributed by atoms with Gasteiger partial charge in [0.05, 0.1) is 6.61 Å². The van der Waals surface area contributed by atoms with Crippen LogP contribution in [0.3, 0.4) is 0 Å². The number of nitrogens with one attached hydrogen (secondary N) is 2. The molecule has 3 aromatic rings. The van der Waals surface area contributed by atoms with Crippen LogP contribution in [-0.2, 0) is 0 Å². The molecule has 0 aliphatic rings. The van der Waals surface area contributed by atoms with Crippen molar-refractivity contribution in [1.29, 1.82) is 0 Å². The zero-order chi connectivity index (χ0) is 25.6. The van der Waals surface area contributed by atoms with Crippen molar-refractivity contribution in [2.75, 3.05) is 17.2 Å². The van der Waals surface area contributed by atoms with Crippen LogP contribution in [-0.4, -0.2) is 36.2 Å². The van der Waals surface area contributed by atoms with Crippen LogP contribution in [0.25, 0.3) is 11.1 Å². The summed E-state index contributed by atoms with van der Waals surface area (Å²) in [6, 6.07) is 14.3. The highest BCUT2D eigenvalue weighted by atomic mass is 16.5. The summed E-state index contributed by atoms with van der Waals surface area (Å²) < 4.78 is 11.8. The third-order valence-corrected chi connectivity index (χ3v) is 6.20. The molecule has 1 aromatic heterocycles. The number of aromatic hydroxyl groups is 1. The lowest BCUT2D eigenvalue weighted by Crippen LogP contribution is -2.30. The Hall–Kier alpha value is -3.68. The van der Waals surface area contributed by atoms with Crippen LogP contribution in [0, 0.1) is 6.92 Å². The van der Waals surface area contributed by atoms with Crippen LogP contribution in [0.5, 0.6) is 17.5 Å². The quantitative estimate of drug-likeness (QED) is 0.378. The fourth-order valence-corrected chi connectivity index (χ4v) is 3.65. The fraction of sp³-hybridized carbons (Fsp3) is 0.333. The van der Waals surface area contributed by atoms with E-state index in [4.69, 9.17) is 9.47 Å². The molecule has 0 aliphatic carbocycles. The van der Waals surface area contributed by atoms with E-state index in [0.717, 1.165) is 40.7 Å². The lowest BCUT2D eigenvalue weighted by atomic mass is 9.90. The molecule has 35 heavy (non-hydrogen) atoms. The van der Waals surface area contributed by atoms with E-state index in [1.165, 1.54) is 6.07 Å². The Bertz CT molecular complexity index is 1200. The number of pyridine rings is 1. The van der Waals surface area contributed by atoms with Crippen molar-refractivity contribution in [3.8, 4) is 28.6 Å². The third-order valence-electron chi connectivity index (χ3n) is 6.20. The summed E-state index contributed by atoms with van der Waals surface area (Å²) in [4.78, 5) is 16.7. The van der Waals surface area contributed by atoms with Gasteiger partial charge in [-0.1, -0.05) is 31.4 Å². The first-order valence-electron chi connectivity index (χ1n) is 12.0. The summed E-state index contributed by atoms with van der Waals surface area (Å²) in [6.07, 6.45) is 1.83. The minimum absolute atomic E-state index is 0.0940. The standard InChI is InChI=1S/C27H34BN3O4/c1-6-27(5,7-2)35-23-13-10-19(15-17(23)4)29-26(33)30-22-12-9-18(16-21(22)28)20-11-14-24(32)31-25(20)34-8-3/h9-16H,6-8,28H2,1-5H3,(H,31,32)(H2,29,30,33). The lowest BCUT2D eigenvalue weighted by molar-refractivity contribution is 0.0795. The SMILES string of the molecule is Bc1cc(-c2ccc(O)nc2OCC)ccc1NC(=O)Nc1ccc(OC(C)(CC)CC)c(C)c1. The van der Waals surface area contributed by atoms with E-state index in [1.54, 1.807) is 6.07 Å². The van der Waals surface area contributed by atoms with Crippen molar-refractivity contribution in [3.63, 3.8) is 0 Å². The van der Waals surface area contributed by atoms with Crippen molar-refractivity contribution in [2.45, 2.75) is 53.1 Å². The average molecular weight is 475 g/mol. The summed E-state index contributed by atoms with van der Waals surface area (Å²) >= 11 is 0. The molecule has 2 aromatic carbocycles. The molecule has 0 fully saturated rings. The van der Waals surface area contributed by atoms with E-state index in [0.29, 0.717) is 23.9 Å². The predicted molar refractivity (Wildman–Crippen MR) is 144 cm³/mol. The number of hydrogen-bond acceptors (Lipinski definition) is 5. The molecule has 0 saturated heterocycles. The van der Waals surface area contributed by atoms with Crippen LogP contribution >= 0.6 is 0 Å². The van der Waals surface area contributed by atoms with E-state index >= 15 is 0 Å². The molecular weight excluding hydrogens is 441 g/mol. The number of hydrogen-bond donors (Lipinski definition) is 3. The number of anilines is 2. The zero-order valence-corrected chi connectivity index (χ0v) is 21.4. The Balaban J connectivity index is 1.71. The molecule has 0 spiro atoms. The van der Waals surface area contributed by atoms with Crippen molar-refractivity contribution >= 4 is 30.7 Å². The minimum Gasteiger partial charge on any atom is -0.493 e. The smallest absolute Gasteiger partial charge is 0.323 e.